The molecule has 4 rings (SSSR count). The Balaban J connectivity index is 1.37. The third kappa shape index (κ3) is 5.08. The van der Waals surface area contributed by atoms with E-state index in [1.165, 1.54) is 0 Å². The van der Waals surface area contributed by atoms with Gasteiger partial charge in [-0.05, 0) is 60.5 Å². The predicted octanol–water partition coefficient (Wildman–Crippen LogP) is 5.20. The van der Waals surface area contributed by atoms with Gasteiger partial charge in [0.2, 0.25) is 0 Å². The van der Waals surface area contributed by atoms with Crippen LogP contribution >= 0.6 is 0 Å². The standard InChI is InChI=1S/C24H23N5O2/c1-16-12-19(31-2)10-11-20(16)29-24(30)27-18-7-5-6-17(13-18)14-26-23-15-25-21-8-3-4-9-22(21)28-23/h3-13,15H,14H2,1-2H3,(H,26,28)(H2,27,29,30). The van der Waals surface area contributed by atoms with Crippen LogP contribution in [0.3, 0.4) is 0 Å². The molecule has 0 spiro atoms. The molecule has 2 amide bonds. The van der Waals surface area contributed by atoms with Gasteiger partial charge >= 0.3 is 6.03 Å². The number of nitrogens with one attached hydrogen (secondary N) is 3. The van der Waals surface area contributed by atoms with Gasteiger partial charge in [-0.25, -0.2) is 9.78 Å². The molecule has 3 aromatic carbocycles. The number of anilines is 3. The molecule has 1 heterocycles. The van der Waals surface area contributed by atoms with Gasteiger partial charge in [-0.2, -0.15) is 0 Å². The third-order valence-corrected chi connectivity index (χ3v) is 4.79. The number of carbonyl (C=O) groups is 1. The van der Waals surface area contributed by atoms with Crippen molar-refractivity contribution in [3.8, 4) is 5.75 Å². The van der Waals surface area contributed by atoms with Crippen LogP contribution in [0.5, 0.6) is 5.75 Å². The molecule has 0 atom stereocenters. The minimum absolute atomic E-state index is 0.307. The van der Waals surface area contributed by atoms with Gasteiger partial charge in [0.1, 0.15) is 11.6 Å². The molecule has 0 aliphatic heterocycles. The summed E-state index contributed by atoms with van der Waals surface area (Å²) in [5.41, 5.74) is 5.06. The van der Waals surface area contributed by atoms with Crippen molar-refractivity contribution in [2.24, 2.45) is 0 Å². The lowest BCUT2D eigenvalue weighted by molar-refractivity contribution is 0.262. The van der Waals surface area contributed by atoms with E-state index < -0.39 is 0 Å². The molecule has 7 heteroatoms. The first-order valence-electron chi connectivity index (χ1n) is 9.88. The first kappa shape index (κ1) is 20.2. The lowest BCUT2D eigenvalue weighted by Gasteiger charge is -2.12. The topological polar surface area (TPSA) is 88.2 Å². The molecule has 0 saturated heterocycles. The Hall–Kier alpha value is -4.13. The second-order valence-corrected chi connectivity index (χ2v) is 7.06. The number of hydrogen-bond acceptors (Lipinski definition) is 5. The molecule has 0 unspecified atom stereocenters. The van der Waals surface area contributed by atoms with Gasteiger partial charge in [-0.15, -0.1) is 0 Å². The molecule has 1 aromatic heterocycles. The highest BCUT2D eigenvalue weighted by molar-refractivity contribution is 6.00. The number of rotatable bonds is 6. The molecule has 0 fully saturated rings. The van der Waals surface area contributed by atoms with Gasteiger partial charge in [-0.3, -0.25) is 4.98 Å². The summed E-state index contributed by atoms with van der Waals surface area (Å²) in [6.45, 7) is 2.47. The van der Waals surface area contributed by atoms with Crippen molar-refractivity contribution < 1.29 is 9.53 Å². The maximum atomic E-state index is 12.4. The predicted molar refractivity (Wildman–Crippen MR) is 124 cm³/mol. The average molecular weight is 413 g/mol. The Labute approximate surface area is 180 Å². The minimum Gasteiger partial charge on any atom is -0.497 e. The van der Waals surface area contributed by atoms with Crippen LogP contribution in [0.4, 0.5) is 22.0 Å². The third-order valence-electron chi connectivity index (χ3n) is 4.79. The van der Waals surface area contributed by atoms with Gasteiger partial charge < -0.3 is 20.7 Å². The van der Waals surface area contributed by atoms with Crippen molar-refractivity contribution in [1.82, 2.24) is 9.97 Å². The van der Waals surface area contributed by atoms with E-state index in [-0.39, 0.29) is 6.03 Å². The molecule has 0 aliphatic carbocycles. The van der Waals surface area contributed by atoms with E-state index >= 15 is 0 Å². The monoisotopic (exact) mass is 413 g/mol. The second-order valence-electron chi connectivity index (χ2n) is 7.06. The summed E-state index contributed by atoms with van der Waals surface area (Å²) in [4.78, 5) is 21.4. The van der Waals surface area contributed by atoms with Crippen LogP contribution in [-0.2, 0) is 6.54 Å². The molecular formula is C24H23N5O2. The zero-order valence-corrected chi connectivity index (χ0v) is 17.3. The number of aromatic nitrogens is 2. The van der Waals surface area contributed by atoms with Gasteiger partial charge in [0.05, 0.1) is 24.3 Å². The Kier molecular flexibility index (Phi) is 5.93. The highest BCUT2D eigenvalue weighted by atomic mass is 16.5. The number of hydrogen-bond donors (Lipinski definition) is 3. The smallest absolute Gasteiger partial charge is 0.323 e. The highest BCUT2D eigenvalue weighted by Gasteiger charge is 2.07. The average Bonchev–Trinajstić information content (AvgIpc) is 2.79. The van der Waals surface area contributed by atoms with Gasteiger partial charge in [0, 0.05) is 17.9 Å². The second kappa shape index (κ2) is 9.13. The Morgan fingerprint density at radius 1 is 0.968 bits per heavy atom. The van der Waals surface area contributed by atoms with Crippen molar-refractivity contribution >= 4 is 34.3 Å². The number of para-hydroxylation sites is 2. The molecule has 0 aliphatic rings. The van der Waals surface area contributed by atoms with Crippen LogP contribution in [0.25, 0.3) is 11.0 Å². The molecule has 7 nitrogen and oxygen atoms in total. The van der Waals surface area contributed by atoms with Gasteiger partial charge in [0.15, 0.2) is 0 Å². The zero-order chi connectivity index (χ0) is 21.6. The summed E-state index contributed by atoms with van der Waals surface area (Å²) >= 11 is 0. The number of nitrogens with zero attached hydrogens (tertiary/aromatic N) is 2. The summed E-state index contributed by atoms with van der Waals surface area (Å²) in [7, 11) is 1.61. The van der Waals surface area contributed by atoms with Crippen molar-refractivity contribution in [1.29, 1.82) is 0 Å². The Morgan fingerprint density at radius 2 is 1.81 bits per heavy atom. The largest absolute Gasteiger partial charge is 0.497 e. The molecule has 4 aromatic rings. The number of methoxy groups -OCH3 is 1. The van der Waals surface area contributed by atoms with Crippen LogP contribution in [-0.4, -0.2) is 23.1 Å². The fourth-order valence-corrected chi connectivity index (χ4v) is 3.18. The summed E-state index contributed by atoms with van der Waals surface area (Å²) in [6, 6.07) is 20.6. The van der Waals surface area contributed by atoms with E-state index in [1.54, 1.807) is 13.3 Å². The van der Waals surface area contributed by atoms with E-state index in [0.717, 1.165) is 33.6 Å². The summed E-state index contributed by atoms with van der Waals surface area (Å²) in [6.07, 6.45) is 1.72. The zero-order valence-electron chi connectivity index (χ0n) is 17.3. The number of carbonyl (C=O) groups excluding carboxylic acids is 1. The van der Waals surface area contributed by atoms with E-state index in [2.05, 4.69) is 25.9 Å². The number of benzene rings is 3. The van der Waals surface area contributed by atoms with Crippen molar-refractivity contribution in [3.63, 3.8) is 0 Å². The Morgan fingerprint density at radius 3 is 2.61 bits per heavy atom. The number of aryl methyl sites for hydroxylation is 1. The SMILES string of the molecule is COc1ccc(NC(=O)Nc2cccc(CNc3cnc4ccccc4n3)c2)c(C)c1. The fourth-order valence-electron chi connectivity index (χ4n) is 3.18. The minimum atomic E-state index is -0.307. The van der Waals surface area contributed by atoms with E-state index in [9.17, 15) is 4.79 Å². The quantitative estimate of drug-likeness (QED) is 0.404. The highest BCUT2D eigenvalue weighted by Crippen LogP contribution is 2.21. The molecule has 0 radical (unpaired) electrons. The van der Waals surface area contributed by atoms with Gasteiger partial charge in [0.25, 0.3) is 0 Å². The maximum Gasteiger partial charge on any atom is 0.323 e. The number of amides is 2. The molecular weight excluding hydrogens is 390 g/mol. The maximum absolute atomic E-state index is 12.4. The first-order valence-corrected chi connectivity index (χ1v) is 9.88. The van der Waals surface area contributed by atoms with E-state index in [0.29, 0.717) is 18.1 Å². The van der Waals surface area contributed by atoms with E-state index in [4.69, 9.17) is 4.74 Å². The first-order chi connectivity index (χ1) is 15.1. The van der Waals surface area contributed by atoms with Gasteiger partial charge in [-0.1, -0.05) is 24.3 Å². The van der Waals surface area contributed by atoms with Crippen LogP contribution in [0, 0.1) is 6.92 Å². The summed E-state index contributed by atoms with van der Waals surface area (Å²) < 4.78 is 5.20. The number of urea groups is 1. The fraction of sp³-hybridized carbons (Fsp3) is 0.125. The number of ether oxygens (including phenoxy) is 1. The van der Waals surface area contributed by atoms with Crippen molar-refractivity contribution in [2.75, 3.05) is 23.1 Å². The lowest BCUT2D eigenvalue weighted by Crippen LogP contribution is -2.20. The Bertz CT molecular complexity index is 1230. The van der Waals surface area contributed by atoms with Crippen LogP contribution in [0.1, 0.15) is 11.1 Å². The molecule has 0 bridgehead atoms. The van der Waals surface area contributed by atoms with Crippen molar-refractivity contribution in [2.45, 2.75) is 13.5 Å². The summed E-state index contributed by atoms with van der Waals surface area (Å²) in [5.74, 6) is 1.45. The van der Waals surface area contributed by atoms with Crippen LogP contribution in [0.2, 0.25) is 0 Å². The van der Waals surface area contributed by atoms with Crippen LogP contribution < -0.4 is 20.7 Å². The molecule has 0 saturated carbocycles. The van der Waals surface area contributed by atoms with E-state index in [1.807, 2.05) is 73.7 Å². The normalized spacial score (nSPS) is 10.5. The number of fused-ring (bicyclic) bond motifs is 1. The molecule has 156 valence electrons. The molecule has 31 heavy (non-hydrogen) atoms. The summed E-state index contributed by atoms with van der Waals surface area (Å²) in [5, 5.41) is 9.01. The van der Waals surface area contributed by atoms with Crippen molar-refractivity contribution in [3.05, 3.63) is 84.1 Å². The lowest BCUT2D eigenvalue weighted by atomic mass is 10.2. The molecule has 3 N–H and O–H groups in total. The van der Waals surface area contributed by atoms with Crippen LogP contribution in [0.15, 0.2) is 72.9 Å².